The summed E-state index contributed by atoms with van der Waals surface area (Å²) >= 11 is 0. The molecule has 4 aromatic rings. The third-order valence-corrected chi connectivity index (χ3v) is 10.5. The summed E-state index contributed by atoms with van der Waals surface area (Å²) in [6.07, 6.45) is 1.19. The molecule has 16 nitrogen and oxygen atoms in total. The van der Waals surface area contributed by atoms with Gasteiger partial charge in [-0.25, -0.2) is 19.6 Å². The number of carbonyl (C=O) groups is 4. The van der Waals surface area contributed by atoms with Crippen LogP contribution >= 0.6 is 0 Å². The van der Waals surface area contributed by atoms with Gasteiger partial charge in [0.1, 0.15) is 23.7 Å². The van der Waals surface area contributed by atoms with Crippen LogP contribution in [0.4, 0.5) is 9.59 Å². The summed E-state index contributed by atoms with van der Waals surface area (Å²) in [7, 11) is 2.49. The van der Waals surface area contributed by atoms with Gasteiger partial charge in [0.25, 0.3) is 0 Å². The summed E-state index contributed by atoms with van der Waals surface area (Å²) in [4.78, 5) is 70.0. The van der Waals surface area contributed by atoms with Gasteiger partial charge < -0.3 is 50.1 Å². The van der Waals surface area contributed by atoms with Gasteiger partial charge in [0.2, 0.25) is 11.8 Å². The molecular formula is C40H50N8O8. The maximum Gasteiger partial charge on any atom is 0.407 e. The smallest absolute Gasteiger partial charge is 0.407 e. The maximum absolute atomic E-state index is 13.6. The van der Waals surface area contributed by atoms with Crippen molar-refractivity contribution in [3.8, 4) is 33.6 Å². The van der Waals surface area contributed by atoms with Crippen molar-refractivity contribution < 1.29 is 38.9 Å². The SMILES string of the molecule is COC(=O)NC(C(=O)N1C[C@H](O)C[C@H]1c1ncc(-c2ccc(-c3ccc(-c4cnc([C@@H]5C[C@@H](O)CN5C(=O)[C@@H](NC(=O)OC)C(C)C)[nH]4)cc3)cc2)[nH]1)C(C)C. The Morgan fingerprint density at radius 2 is 0.982 bits per heavy atom. The van der Waals surface area contributed by atoms with Crippen LogP contribution in [0, 0.1) is 11.8 Å². The molecule has 2 aliphatic rings. The summed E-state index contributed by atoms with van der Waals surface area (Å²) in [5, 5.41) is 26.3. The Bertz CT molecular complexity index is 1870. The minimum Gasteiger partial charge on any atom is -0.453 e. The van der Waals surface area contributed by atoms with Crippen LogP contribution < -0.4 is 10.6 Å². The van der Waals surface area contributed by atoms with Crippen LogP contribution in [0.5, 0.6) is 0 Å². The molecule has 4 amide bonds. The first kappa shape index (κ1) is 39.9. The number of H-pyrrole nitrogens is 2. The number of alkyl carbamates (subject to hydrolysis) is 2. The third-order valence-electron chi connectivity index (χ3n) is 10.5. The molecule has 6 rings (SSSR count). The highest BCUT2D eigenvalue weighted by Gasteiger charge is 2.42. The predicted octanol–water partition coefficient (Wildman–Crippen LogP) is 4.16. The molecule has 0 saturated carbocycles. The number of aromatic amines is 2. The van der Waals surface area contributed by atoms with Crippen LogP contribution in [0.3, 0.4) is 0 Å². The largest absolute Gasteiger partial charge is 0.453 e. The molecule has 2 aromatic carbocycles. The molecule has 2 saturated heterocycles. The van der Waals surface area contributed by atoms with Crippen LogP contribution in [-0.4, -0.2) is 116 Å². The quantitative estimate of drug-likeness (QED) is 0.128. The van der Waals surface area contributed by atoms with E-state index >= 15 is 0 Å². The minimum absolute atomic E-state index is 0.126. The molecule has 0 spiro atoms. The number of hydrogen-bond donors (Lipinski definition) is 6. The number of likely N-dealkylation sites (tertiary alicyclic amines) is 2. The number of aliphatic hydroxyl groups is 2. The topological polar surface area (TPSA) is 215 Å². The second-order valence-corrected chi connectivity index (χ2v) is 15.0. The van der Waals surface area contributed by atoms with Crippen molar-refractivity contribution in [2.75, 3.05) is 27.3 Å². The van der Waals surface area contributed by atoms with Gasteiger partial charge in [0.05, 0.1) is 62.3 Å². The van der Waals surface area contributed by atoms with Crippen LogP contribution in [-0.2, 0) is 19.1 Å². The number of carbonyl (C=O) groups excluding carboxylic acids is 4. The lowest BCUT2D eigenvalue weighted by atomic mass is 10.0. The van der Waals surface area contributed by atoms with Crippen LogP contribution in [0.1, 0.15) is 64.3 Å². The van der Waals surface area contributed by atoms with Crippen molar-refractivity contribution in [2.24, 2.45) is 11.8 Å². The van der Waals surface area contributed by atoms with E-state index in [2.05, 4.69) is 30.6 Å². The van der Waals surface area contributed by atoms with E-state index in [1.807, 2.05) is 76.2 Å². The molecule has 2 aliphatic heterocycles. The number of amides is 4. The van der Waals surface area contributed by atoms with Crippen LogP contribution in [0.15, 0.2) is 60.9 Å². The first-order valence-electron chi connectivity index (χ1n) is 18.7. The van der Waals surface area contributed by atoms with Gasteiger partial charge in [0.15, 0.2) is 0 Å². The number of aromatic nitrogens is 4. The molecule has 298 valence electrons. The zero-order valence-corrected chi connectivity index (χ0v) is 32.4. The van der Waals surface area contributed by atoms with E-state index in [4.69, 9.17) is 9.47 Å². The summed E-state index contributed by atoms with van der Waals surface area (Å²) in [6.45, 7) is 7.59. The van der Waals surface area contributed by atoms with Crippen molar-refractivity contribution in [3.05, 3.63) is 72.6 Å². The Morgan fingerprint density at radius 1 is 0.643 bits per heavy atom. The first-order valence-corrected chi connectivity index (χ1v) is 18.7. The van der Waals surface area contributed by atoms with E-state index in [1.165, 1.54) is 14.2 Å². The summed E-state index contributed by atoms with van der Waals surface area (Å²) in [5.74, 6) is 0.0612. The van der Waals surface area contributed by atoms with Crippen LogP contribution in [0.25, 0.3) is 33.6 Å². The number of rotatable bonds is 11. The van der Waals surface area contributed by atoms with Gasteiger partial charge in [-0.2, -0.15) is 0 Å². The monoisotopic (exact) mass is 770 g/mol. The Balaban J connectivity index is 1.13. The second-order valence-electron chi connectivity index (χ2n) is 15.0. The zero-order valence-electron chi connectivity index (χ0n) is 32.4. The summed E-state index contributed by atoms with van der Waals surface area (Å²) in [6, 6.07) is 13.4. The molecule has 0 aliphatic carbocycles. The third kappa shape index (κ3) is 8.55. The van der Waals surface area contributed by atoms with Crippen molar-refractivity contribution in [1.82, 2.24) is 40.4 Å². The van der Waals surface area contributed by atoms with E-state index in [0.717, 1.165) is 33.6 Å². The molecule has 0 radical (unpaired) electrons. The van der Waals surface area contributed by atoms with E-state index in [-0.39, 0.29) is 36.7 Å². The molecule has 1 unspecified atom stereocenters. The minimum atomic E-state index is -0.819. The molecular weight excluding hydrogens is 720 g/mol. The molecule has 2 fully saturated rings. The van der Waals surface area contributed by atoms with Gasteiger partial charge in [-0.05, 0) is 34.1 Å². The summed E-state index contributed by atoms with van der Waals surface area (Å²) < 4.78 is 9.44. The van der Waals surface area contributed by atoms with Crippen LogP contribution in [0.2, 0.25) is 0 Å². The normalized spacial score (nSPS) is 20.6. The lowest BCUT2D eigenvalue weighted by Crippen LogP contribution is -2.51. The fourth-order valence-corrected chi connectivity index (χ4v) is 7.38. The van der Waals surface area contributed by atoms with Crippen molar-refractivity contribution in [2.45, 2.75) is 76.9 Å². The molecule has 6 atom stereocenters. The highest BCUT2D eigenvalue weighted by Crippen LogP contribution is 2.35. The fourth-order valence-electron chi connectivity index (χ4n) is 7.38. The first-order chi connectivity index (χ1) is 26.8. The number of hydrogen-bond acceptors (Lipinski definition) is 10. The van der Waals surface area contributed by atoms with E-state index in [1.54, 1.807) is 22.2 Å². The maximum atomic E-state index is 13.6. The van der Waals surface area contributed by atoms with E-state index < -0.39 is 48.6 Å². The van der Waals surface area contributed by atoms with Gasteiger partial charge in [-0.3, -0.25) is 9.59 Å². The van der Waals surface area contributed by atoms with Crippen molar-refractivity contribution >= 4 is 24.0 Å². The number of methoxy groups -OCH3 is 2. The number of benzene rings is 2. The van der Waals surface area contributed by atoms with Crippen molar-refractivity contribution in [3.63, 3.8) is 0 Å². The lowest BCUT2D eigenvalue weighted by Gasteiger charge is -2.29. The van der Waals surface area contributed by atoms with E-state index in [9.17, 15) is 29.4 Å². The molecule has 2 aromatic heterocycles. The van der Waals surface area contributed by atoms with Gasteiger partial charge in [-0.1, -0.05) is 76.2 Å². The number of nitrogens with zero attached hydrogens (tertiary/aromatic N) is 4. The molecule has 6 N–H and O–H groups in total. The average molecular weight is 771 g/mol. The van der Waals surface area contributed by atoms with Gasteiger partial charge in [0, 0.05) is 25.9 Å². The highest BCUT2D eigenvalue weighted by molar-refractivity contribution is 5.87. The molecule has 0 bridgehead atoms. The van der Waals surface area contributed by atoms with Gasteiger partial charge >= 0.3 is 12.2 Å². The number of imidazole rings is 2. The summed E-state index contributed by atoms with van der Waals surface area (Å²) in [5.41, 5.74) is 5.29. The lowest BCUT2D eigenvalue weighted by molar-refractivity contribution is -0.136. The average Bonchev–Trinajstić information content (AvgIpc) is 4.02. The fraction of sp³-hybridized carbons (Fsp3) is 0.450. The van der Waals surface area contributed by atoms with Crippen molar-refractivity contribution in [1.29, 1.82) is 0 Å². The predicted molar refractivity (Wildman–Crippen MR) is 206 cm³/mol. The Kier molecular flexibility index (Phi) is 12.1. The number of aliphatic hydroxyl groups excluding tert-OH is 2. The van der Waals surface area contributed by atoms with Gasteiger partial charge in [-0.15, -0.1) is 0 Å². The number of nitrogens with one attached hydrogen (secondary N) is 4. The number of β-amino-alcohol motifs (C(OH)–C–C–N with tert-alkyl or cyclic N) is 2. The number of ether oxygens (including phenoxy) is 2. The van der Waals surface area contributed by atoms with E-state index in [0.29, 0.717) is 24.5 Å². The molecule has 56 heavy (non-hydrogen) atoms. The second kappa shape index (κ2) is 17.0. The Hall–Kier alpha value is -5.74. The standard InChI is InChI=1S/C40H50N8O8/c1-21(2)33(45-39(53)55-5)37(51)47-19-27(49)15-31(47)35-41-17-29(43-35)25-11-7-23(8-12-25)24-9-13-26(14-10-24)30-18-42-36(44-30)32-16-28(50)20-48(32)38(52)34(22(3)4)46-40(54)56-6/h7-14,17-18,21-22,27-28,31-34,49-50H,15-16,19-20H2,1-6H3,(H,41,43)(H,42,44)(H,45,53)(H,46,54)/t27-,28-,31+,32+,33+,34?/m1/s1. The Labute approximate surface area is 325 Å². The highest BCUT2D eigenvalue weighted by atomic mass is 16.5. The Morgan fingerprint density at radius 3 is 1.30 bits per heavy atom. The zero-order chi connectivity index (χ0) is 40.3. The molecule has 16 heteroatoms. The molecule has 4 heterocycles.